The summed E-state index contributed by atoms with van der Waals surface area (Å²) in [6.45, 7) is 3.40. The van der Waals surface area contributed by atoms with Crippen LogP contribution in [-0.2, 0) is 0 Å². The first-order valence-corrected chi connectivity index (χ1v) is 7.46. The van der Waals surface area contributed by atoms with Gasteiger partial charge in [-0.1, -0.05) is 13.8 Å². The molecule has 1 aliphatic rings. The van der Waals surface area contributed by atoms with Gasteiger partial charge >= 0.3 is 0 Å². The SMILES string of the molecule is CC(C)c1[nH]nc2c1C(c1c(F)c(F)c(F)c(F)c1F)C(C#N)C(=N)O2. The standard InChI is InChI=1S/C16H11F5N4O/c1-4(2)14-8-6(5(3-22)15(23)26-16(8)25-24-14)7-9(17)11(19)13(21)12(20)10(7)18/h4-6,23H,1-2H3,(H,24,25). The number of hydrogen-bond acceptors (Lipinski definition) is 4. The number of rotatable bonds is 2. The van der Waals surface area contributed by atoms with Gasteiger partial charge in [0.1, 0.15) is 5.92 Å². The number of aromatic nitrogens is 2. The Bertz CT molecular complexity index is 934. The number of hydrogen-bond donors (Lipinski definition) is 2. The van der Waals surface area contributed by atoms with E-state index in [9.17, 15) is 27.2 Å². The summed E-state index contributed by atoms with van der Waals surface area (Å²) in [5, 5.41) is 23.5. The zero-order valence-electron chi connectivity index (χ0n) is 13.4. The van der Waals surface area contributed by atoms with Crippen molar-refractivity contribution in [2.45, 2.75) is 25.7 Å². The molecule has 2 aromatic rings. The van der Waals surface area contributed by atoms with Crippen LogP contribution in [-0.4, -0.2) is 16.1 Å². The van der Waals surface area contributed by atoms with E-state index in [1.54, 1.807) is 19.9 Å². The van der Waals surface area contributed by atoms with Crippen LogP contribution in [0, 0.1) is 51.7 Å². The van der Waals surface area contributed by atoms with Gasteiger partial charge in [0.25, 0.3) is 0 Å². The fraction of sp³-hybridized carbons (Fsp3) is 0.312. The van der Waals surface area contributed by atoms with Crippen molar-refractivity contribution in [2.24, 2.45) is 5.92 Å². The molecule has 26 heavy (non-hydrogen) atoms. The lowest BCUT2D eigenvalue weighted by Crippen LogP contribution is -2.33. The van der Waals surface area contributed by atoms with Gasteiger partial charge < -0.3 is 4.74 Å². The van der Waals surface area contributed by atoms with E-state index in [0.717, 1.165) is 0 Å². The van der Waals surface area contributed by atoms with E-state index in [1.165, 1.54) is 0 Å². The first-order valence-electron chi connectivity index (χ1n) is 7.46. The Morgan fingerprint density at radius 3 is 2.08 bits per heavy atom. The van der Waals surface area contributed by atoms with Crippen molar-refractivity contribution in [3.63, 3.8) is 0 Å². The van der Waals surface area contributed by atoms with Crippen LogP contribution in [0.4, 0.5) is 22.0 Å². The highest BCUT2D eigenvalue weighted by molar-refractivity contribution is 5.84. The molecule has 0 aliphatic carbocycles. The van der Waals surface area contributed by atoms with Gasteiger partial charge in [0.05, 0.1) is 6.07 Å². The van der Waals surface area contributed by atoms with Crippen molar-refractivity contribution in [2.75, 3.05) is 0 Å². The first-order chi connectivity index (χ1) is 12.2. The third-order valence-electron chi connectivity index (χ3n) is 4.20. The maximum absolute atomic E-state index is 14.4. The Morgan fingerprint density at radius 2 is 1.58 bits per heavy atom. The van der Waals surface area contributed by atoms with Crippen LogP contribution in [0.15, 0.2) is 0 Å². The second-order valence-electron chi connectivity index (χ2n) is 6.05. The molecule has 1 aliphatic heterocycles. The van der Waals surface area contributed by atoms with Gasteiger partial charge in [0, 0.05) is 22.7 Å². The van der Waals surface area contributed by atoms with Gasteiger partial charge in [-0.3, -0.25) is 10.5 Å². The Balaban J connectivity index is 2.39. The van der Waals surface area contributed by atoms with Crippen molar-refractivity contribution in [3.8, 4) is 11.9 Å². The zero-order chi connectivity index (χ0) is 19.3. The molecule has 5 nitrogen and oxygen atoms in total. The van der Waals surface area contributed by atoms with Crippen molar-refractivity contribution >= 4 is 5.90 Å². The Kier molecular flexibility index (Phi) is 4.18. The molecule has 1 aromatic carbocycles. The van der Waals surface area contributed by atoms with Crippen LogP contribution in [0.1, 0.15) is 42.5 Å². The number of halogens is 5. The molecule has 0 radical (unpaired) electrons. The summed E-state index contributed by atoms with van der Waals surface area (Å²) < 4.78 is 74.6. The molecule has 2 unspecified atom stereocenters. The number of nitriles is 1. The first kappa shape index (κ1) is 17.8. The highest BCUT2D eigenvalue weighted by Crippen LogP contribution is 2.46. The van der Waals surface area contributed by atoms with E-state index in [-0.39, 0.29) is 17.4 Å². The van der Waals surface area contributed by atoms with E-state index < -0.39 is 52.4 Å². The topological polar surface area (TPSA) is 85.5 Å². The van der Waals surface area contributed by atoms with Crippen LogP contribution >= 0.6 is 0 Å². The molecule has 2 atom stereocenters. The third-order valence-corrected chi connectivity index (χ3v) is 4.20. The summed E-state index contributed by atoms with van der Waals surface area (Å²) in [4.78, 5) is 0. The van der Waals surface area contributed by atoms with E-state index >= 15 is 0 Å². The number of aromatic amines is 1. The maximum Gasteiger partial charge on any atom is 0.243 e. The third kappa shape index (κ3) is 2.34. The van der Waals surface area contributed by atoms with Crippen LogP contribution in [0.5, 0.6) is 5.88 Å². The summed E-state index contributed by atoms with van der Waals surface area (Å²) >= 11 is 0. The van der Waals surface area contributed by atoms with Gasteiger partial charge in [0.2, 0.25) is 17.6 Å². The minimum Gasteiger partial charge on any atom is -0.422 e. The highest BCUT2D eigenvalue weighted by Gasteiger charge is 2.45. The highest BCUT2D eigenvalue weighted by atomic mass is 19.2. The molecule has 0 bridgehead atoms. The van der Waals surface area contributed by atoms with Crippen molar-refractivity contribution < 1.29 is 26.7 Å². The molecular weight excluding hydrogens is 359 g/mol. The Morgan fingerprint density at radius 1 is 1.04 bits per heavy atom. The van der Waals surface area contributed by atoms with Gasteiger partial charge in [-0.2, -0.15) is 5.26 Å². The van der Waals surface area contributed by atoms with E-state index in [2.05, 4.69) is 10.2 Å². The van der Waals surface area contributed by atoms with Gasteiger partial charge in [-0.15, -0.1) is 5.10 Å². The molecule has 0 amide bonds. The number of nitrogens with one attached hydrogen (secondary N) is 2. The van der Waals surface area contributed by atoms with Crippen LogP contribution in [0.3, 0.4) is 0 Å². The number of fused-ring (bicyclic) bond motifs is 1. The lowest BCUT2D eigenvalue weighted by molar-refractivity contribution is 0.357. The second-order valence-corrected chi connectivity index (χ2v) is 6.05. The monoisotopic (exact) mass is 370 g/mol. The van der Waals surface area contributed by atoms with E-state index in [4.69, 9.17) is 10.1 Å². The van der Waals surface area contributed by atoms with Gasteiger partial charge in [-0.25, -0.2) is 22.0 Å². The predicted octanol–water partition coefficient (Wildman–Crippen LogP) is 3.87. The minimum absolute atomic E-state index is 0.00856. The van der Waals surface area contributed by atoms with Crippen LogP contribution in [0.25, 0.3) is 0 Å². The number of nitrogens with zero attached hydrogens (tertiary/aromatic N) is 2. The van der Waals surface area contributed by atoms with Gasteiger partial charge in [-0.05, 0) is 5.92 Å². The van der Waals surface area contributed by atoms with Crippen LogP contribution < -0.4 is 4.74 Å². The summed E-state index contributed by atoms with van der Waals surface area (Å²) in [6.07, 6.45) is 0. The molecule has 10 heteroatoms. The molecule has 0 saturated carbocycles. The Hall–Kier alpha value is -2.96. The molecule has 0 saturated heterocycles. The number of H-pyrrole nitrogens is 1. The number of ether oxygens (including phenoxy) is 1. The molecule has 2 heterocycles. The average molecular weight is 370 g/mol. The summed E-state index contributed by atoms with van der Waals surface area (Å²) in [5.41, 5.74) is -0.891. The predicted molar refractivity (Wildman–Crippen MR) is 78.2 cm³/mol. The second kappa shape index (κ2) is 6.09. The normalized spacial score (nSPS) is 19.3. The smallest absolute Gasteiger partial charge is 0.243 e. The molecule has 0 fully saturated rings. The molecule has 1 aromatic heterocycles. The Labute approximate surface area is 143 Å². The molecule has 0 spiro atoms. The molecule has 3 rings (SSSR count). The lowest BCUT2D eigenvalue weighted by atomic mass is 9.77. The van der Waals surface area contributed by atoms with Gasteiger partial charge in [0.15, 0.2) is 23.3 Å². The summed E-state index contributed by atoms with van der Waals surface area (Å²) in [5.74, 6) is -15.1. The molecule has 136 valence electrons. The fourth-order valence-electron chi connectivity index (χ4n) is 2.99. The molecule has 2 N–H and O–H groups in total. The average Bonchev–Trinajstić information content (AvgIpc) is 3.01. The minimum atomic E-state index is -2.30. The lowest BCUT2D eigenvalue weighted by Gasteiger charge is -2.29. The fourth-order valence-corrected chi connectivity index (χ4v) is 2.99. The van der Waals surface area contributed by atoms with Crippen molar-refractivity contribution in [3.05, 3.63) is 45.9 Å². The maximum atomic E-state index is 14.4. The largest absolute Gasteiger partial charge is 0.422 e. The van der Waals surface area contributed by atoms with E-state index in [1.807, 2.05) is 0 Å². The number of benzene rings is 1. The van der Waals surface area contributed by atoms with Crippen molar-refractivity contribution in [1.82, 2.24) is 10.2 Å². The van der Waals surface area contributed by atoms with E-state index in [0.29, 0.717) is 5.69 Å². The quantitative estimate of drug-likeness (QED) is 0.478. The zero-order valence-corrected chi connectivity index (χ0v) is 13.4. The van der Waals surface area contributed by atoms with Crippen LogP contribution in [0.2, 0.25) is 0 Å². The summed E-state index contributed by atoms with van der Waals surface area (Å²) in [6, 6.07) is 1.64. The summed E-state index contributed by atoms with van der Waals surface area (Å²) in [7, 11) is 0. The molecular formula is C16H11F5N4O. The van der Waals surface area contributed by atoms with Crippen molar-refractivity contribution in [1.29, 1.82) is 10.7 Å².